The number of aromatic nitrogens is 3. The molecular weight excluding hydrogens is 396 g/mol. The molecule has 0 spiro atoms. The van der Waals surface area contributed by atoms with E-state index in [1.165, 1.54) is 6.08 Å². The lowest BCUT2D eigenvalue weighted by Gasteiger charge is -2.04. The lowest BCUT2D eigenvalue weighted by atomic mass is 10.2. The Balaban J connectivity index is 1.63. The van der Waals surface area contributed by atoms with Crippen molar-refractivity contribution in [2.75, 3.05) is 12.4 Å². The molecule has 0 unspecified atom stereocenters. The van der Waals surface area contributed by atoms with E-state index in [4.69, 9.17) is 4.74 Å². The predicted molar refractivity (Wildman–Crippen MR) is 104 cm³/mol. The lowest BCUT2D eigenvalue weighted by molar-refractivity contribution is -0.111. The first-order valence-corrected chi connectivity index (χ1v) is 8.69. The highest BCUT2D eigenvalue weighted by Gasteiger charge is 2.05. The first-order chi connectivity index (χ1) is 12.6. The van der Waals surface area contributed by atoms with Crippen LogP contribution in [0.5, 0.6) is 5.75 Å². The summed E-state index contributed by atoms with van der Waals surface area (Å²) in [5.74, 6) is 0.629. The van der Waals surface area contributed by atoms with Gasteiger partial charge in [-0.05, 0) is 29.8 Å². The molecule has 1 aromatic heterocycles. The molecule has 26 heavy (non-hydrogen) atoms. The van der Waals surface area contributed by atoms with Crippen LogP contribution in [0.4, 0.5) is 5.95 Å². The zero-order valence-corrected chi connectivity index (χ0v) is 15.7. The van der Waals surface area contributed by atoms with Crippen molar-refractivity contribution in [2.45, 2.75) is 6.54 Å². The third-order valence-corrected chi connectivity index (χ3v) is 4.06. The molecular formula is C19H17BrN4O2. The van der Waals surface area contributed by atoms with Gasteiger partial charge in [0.25, 0.3) is 5.91 Å². The fourth-order valence-corrected chi connectivity index (χ4v) is 2.73. The van der Waals surface area contributed by atoms with Crippen LogP contribution in [0.25, 0.3) is 6.08 Å². The van der Waals surface area contributed by atoms with Gasteiger partial charge < -0.3 is 4.74 Å². The Hall–Kier alpha value is -2.93. The molecule has 2 aromatic carbocycles. The molecule has 0 aliphatic heterocycles. The van der Waals surface area contributed by atoms with Gasteiger partial charge in [0.1, 0.15) is 12.1 Å². The molecule has 6 nitrogen and oxygen atoms in total. The summed E-state index contributed by atoms with van der Waals surface area (Å²) in [6.07, 6.45) is 4.69. The first-order valence-electron chi connectivity index (χ1n) is 7.90. The van der Waals surface area contributed by atoms with Gasteiger partial charge in [-0.1, -0.05) is 46.3 Å². The minimum Gasteiger partial charge on any atom is -0.496 e. The summed E-state index contributed by atoms with van der Waals surface area (Å²) in [6.45, 7) is 0.592. The quantitative estimate of drug-likeness (QED) is 0.625. The van der Waals surface area contributed by atoms with Crippen molar-refractivity contribution in [3.63, 3.8) is 0 Å². The van der Waals surface area contributed by atoms with Crippen molar-refractivity contribution < 1.29 is 9.53 Å². The second-order valence-corrected chi connectivity index (χ2v) is 6.38. The van der Waals surface area contributed by atoms with Crippen LogP contribution in [0.15, 0.2) is 65.4 Å². The number of methoxy groups -OCH3 is 1. The van der Waals surface area contributed by atoms with Gasteiger partial charge in [0, 0.05) is 16.1 Å². The highest BCUT2D eigenvalue weighted by Crippen LogP contribution is 2.24. The summed E-state index contributed by atoms with van der Waals surface area (Å²) < 4.78 is 7.85. The molecule has 0 saturated heterocycles. The van der Waals surface area contributed by atoms with Crippen molar-refractivity contribution in [1.29, 1.82) is 0 Å². The number of anilines is 1. The predicted octanol–water partition coefficient (Wildman–Crippen LogP) is 3.75. The Bertz CT molecular complexity index is 922. The number of benzene rings is 2. The molecule has 0 saturated carbocycles. The van der Waals surface area contributed by atoms with Gasteiger partial charge >= 0.3 is 0 Å². The van der Waals surface area contributed by atoms with Crippen LogP contribution in [0, 0.1) is 0 Å². The van der Waals surface area contributed by atoms with Crippen LogP contribution in [-0.2, 0) is 11.3 Å². The fourth-order valence-electron chi connectivity index (χ4n) is 2.35. The maximum atomic E-state index is 12.1. The minimum atomic E-state index is -0.315. The Kier molecular flexibility index (Phi) is 5.80. The number of rotatable bonds is 6. The van der Waals surface area contributed by atoms with Crippen LogP contribution in [0.2, 0.25) is 0 Å². The zero-order valence-electron chi connectivity index (χ0n) is 14.1. The van der Waals surface area contributed by atoms with E-state index in [0.29, 0.717) is 12.3 Å². The molecule has 0 radical (unpaired) electrons. The number of nitrogens with zero attached hydrogens (tertiary/aromatic N) is 3. The first kappa shape index (κ1) is 17.9. The van der Waals surface area contributed by atoms with Crippen molar-refractivity contribution in [1.82, 2.24) is 14.8 Å². The zero-order chi connectivity index (χ0) is 18.4. The molecule has 0 fully saturated rings. The number of carbonyl (C=O) groups excluding carboxylic acids is 1. The van der Waals surface area contributed by atoms with Crippen molar-refractivity contribution in [3.05, 3.63) is 76.5 Å². The summed E-state index contributed by atoms with van der Waals surface area (Å²) >= 11 is 3.40. The number of hydrogen-bond donors (Lipinski definition) is 1. The summed E-state index contributed by atoms with van der Waals surface area (Å²) in [6, 6.07) is 15.5. The van der Waals surface area contributed by atoms with E-state index in [-0.39, 0.29) is 11.9 Å². The van der Waals surface area contributed by atoms with Gasteiger partial charge in [-0.25, -0.2) is 9.67 Å². The van der Waals surface area contributed by atoms with E-state index in [1.807, 2.05) is 48.5 Å². The molecule has 1 amide bonds. The van der Waals surface area contributed by atoms with E-state index >= 15 is 0 Å². The lowest BCUT2D eigenvalue weighted by Crippen LogP contribution is -2.10. The highest BCUT2D eigenvalue weighted by molar-refractivity contribution is 9.10. The normalized spacial score (nSPS) is 10.8. The van der Waals surface area contributed by atoms with Crippen LogP contribution in [0.1, 0.15) is 11.1 Å². The topological polar surface area (TPSA) is 69.0 Å². The average molecular weight is 413 g/mol. The number of hydrogen-bond acceptors (Lipinski definition) is 4. The second-order valence-electron chi connectivity index (χ2n) is 5.46. The summed E-state index contributed by atoms with van der Waals surface area (Å²) in [5, 5.41) is 6.90. The summed E-state index contributed by atoms with van der Waals surface area (Å²) in [7, 11) is 1.59. The van der Waals surface area contributed by atoms with E-state index < -0.39 is 0 Å². The molecule has 7 heteroatoms. The van der Waals surface area contributed by atoms with E-state index in [9.17, 15) is 4.79 Å². The largest absolute Gasteiger partial charge is 0.496 e. The van der Waals surface area contributed by atoms with Crippen molar-refractivity contribution in [2.24, 2.45) is 0 Å². The van der Waals surface area contributed by atoms with E-state index in [2.05, 4.69) is 31.3 Å². The number of halogens is 1. The number of amides is 1. The molecule has 0 aliphatic rings. The maximum absolute atomic E-state index is 12.1. The third-order valence-electron chi connectivity index (χ3n) is 3.56. The number of ether oxygens (including phenoxy) is 1. The van der Waals surface area contributed by atoms with Crippen molar-refractivity contribution >= 4 is 33.9 Å². The maximum Gasteiger partial charge on any atom is 0.250 e. The average Bonchev–Trinajstić information content (AvgIpc) is 3.07. The van der Waals surface area contributed by atoms with Crippen LogP contribution in [-0.4, -0.2) is 27.8 Å². The molecule has 1 N–H and O–H groups in total. The number of nitrogens with one attached hydrogen (secondary N) is 1. The molecule has 0 aliphatic carbocycles. The Labute approximate surface area is 159 Å². The highest BCUT2D eigenvalue weighted by atomic mass is 79.9. The van der Waals surface area contributed by atoms with Crippen LogP contribution >= 0.6 is 15.9 Å². The third kappa shape index (κ3) is 4.80. The van der Waals surface area contributed by atoms with Crippen LogP contribution in [0.3, 0.4) is 0 Å². The standard InChI is InChI=1S/C19H17BrN4O2/c1-26-17-9-8-16(20)11-15(17)7-10-18(25)22-19-21-13-24(23-19)12-14-5-3-2-4-6-14/h2-11,13H,12H2,1H3,(H,22,23,25)/b10-7+. The monoisotopic (exact) mass is 412 g/mol. The van der Waals surface area contributed by atoms with Gasteiger partial charge in [-0.2, -0.15) is 0 Å². The van der Waals surface area contributed by atoms with Gasteiger partial charge in [0.05, 0.1) is 13.7 Å². The fraction of sp³-hybridized carbons (Fsp3) is 0.105. The van der Waals surface area contributed by atoms with E-state index in [0.717, 1.165) is 15.6 Å². The molecule has 1 heterocycles. The second kappa shape index (κ2) is 8.44. The van der Waals surface area contributed by atoms with Gasteiger partial charge in [0.2, 0.25) is 5.95 Å². The molecule has 132 valence electrons. The molecule has 0 atom stereocenters. The Morgan fingerprint density at radius 2 is 2.08 bits per heavy atom. The van der Waals surface area contributed by atoms with Gasteiger partial charge in [-0.15, -0.1) is 5.10 Å². The van der Waals surface area contributed by atoms with Gasteiger partial charge in [-0.3, -0.25) is 10.1 Å². The van der Waals surface area contributed by atoms with Crippen LogP contribution < -0.4 is 10.1 Å². The molecule has 0 bridgehead atoms. The minimum absolute atomic E-state index is 0.261. The van der Waals surface area contributed by atoms with Crippen molar-refractivity contribution in [3.8, 4) is 5.75 Å². The molecule has 3 rings (SSSR count). The summed E-state index contributed by atoms with van der Waals surface area (Å²) in [5.41, 5.74) is 1.90. The Morgan fingerprint density at radius 3 is 2.85 bits per heavy atom. The SMILES string of the molecule is COc1ccc(Br)cc1/C=C/C(=O)Nc1ncn(Cc2ccccc2)n1. The molecule has 3 aromatic rings. The van der Waals surface area contributed by atoms with Gasteiger partial charge in [0.15, 0.2) is 0 Å². The smallest absolute Gasteiger partial charge is 0.250 e. The number of carbonyl (C=O) groups is 1. The summed E-state index contributed by atoms with van der Waals surface area (Å²) in [4.78, 5) is 16.2. The Morgan fingerprint density at radius 1 is 1.27 bits per heavy atom. The van der Waals surface area contributed by atoms with E-state index in [1.54, 1.807) is 24.2 Å².